The van der Waals surface area contributed by atoms with E-state index in [4.69, 9.17) is 5.73 Å². The van der Waals surface area contributed by atoms with Crippen molar-refractivity contribution in [2.45, 2.75) is 13.0 Å². The van der Waals surface area contributed by atoms with E-state index in [1.165, 1.54) is 0 Å². The predicted octanol–water partition coefficient (Wildman–Crippen LogP) is 1.40. The molecule has 2 aromatic rings. The summed E-state index contributed by atoms with van der Waals surface area (Å²) in [5, 5.41) is 9.65. The van der Waals surface area contributed by atoms with Crippen LogP contribution in [-0.4, -0.2) is 21.0 Å². The van der Waals surface area contributed by atoms with Crippen molar-refractivity contribution in [3.05, 3.63) is 34.2 Å². The molecular weight excluding hydrogens is 258 g/mol. The second-order valence-corrected chi connectivity index (χ2v) is 4.23. The summed E-state index contributed by atoms with van der Waals surface area (Å²) >= 11 is 3.41. The van der Waals surface area contributed by atoms with Crippen LogP contribution in [-0.2, 0) is 0 Å². The number of nitrogens with two attached hydrogens (primary N) is 1. The van der Waals surface area contributed by atoms with Crippen LogP contribution in [0.1, 0.15) is 17.4 Å². The Bertz CT molecular complexity index is 495. The molecule has 15 heavy (non-hydrogen) atoms. The Labute approximate surface area is 95.9 Å². The largest absolute Gasteiger partial charge is 0.385 e. The van der Waals surface area contributed by atoms with Gasteiger partial charge in [-0.2, -0.15) is 0 Å². The number of aliphatic hydroxyl groups is 1. The average molecular weight is 270 g/mol. The standard InChI is InChI=1S/C10H12BrN3O/c1-6-2-3-8-13-9(7(15)4-12)10(11)14(8)5-6/h2-3,5,7,15H,4,12H2,1H3. The number of fused-ring (bicyclic) bond motifs is 1. The third-order valence-electron chi connectivity index (χ3n) is 2.27. The van der Waals surface area contributed by atoms with Crippen molar-refractivity contribution < 1.29 is 5.11 Å². The van der Waals surface area contributed by atoms with Crippen LogP contribution in [0.2, 0.25) is 0 Å². The zero-order chi connectivity index (χ0) is 11.0. The van der Waals surface area contributed by atoms with E-state index >= 15 is 0 Å². The maximum Gasteiger partial charge on any atom is 0.138 e. The van der Waals surface area contributed by atoms with Gasteiger partial charge in [-0.15, -0.1) is 0 Å². The minimum absolute atomic E-state index is 0.168. The summed E-state index contributed by atoms with van der Waals surface area (Å²) in [5.41, 5.74) is 7.93. The van der Waals surface area contributed by atoms with Gasteiger partial charge >= 0.3 is 0 Å². The number of hydrogen-bond donors (Lipinski definition) is 2. The average Bonchev–Trinajstić information content (AvgIpc) is 2.55. The first-order chi connectivity index (χ1) is 7.13. The van der Waals surface area contributed by atoms with E-state index in [0.29, 0.717) is 5.69 Å². The summed E-state index contributed by atoms with van der Waals surface area (Å²) < 4.78 is 2.66. The van der Waals surface area contributed by atoms with Gasteiger partial charge < -0.3 is 10.8 Å². The number of nitrogens with zero attached hydrogens (tertiary/aromatic N) is 2. The number of halogens is 1. The van der Waals surface area contributed by atoms with E-state index < -0.39 is 6.10 Å². The summed E-state index contributed by atoms with van der Waals surface area (Å²) in [6.07, 6.45) is 1.23. The fourth-order valence-electron chi connectivity index (χ4n) is 1.46. The van der Waals surface area contributed by atoms with Crippen LogP contribution in [0.25, 0.3) is 5.65 Å². The SMILES string of the molecule is Cc1ccc2nc(C(O)CN)c(Br)n2c1. The van der Waals surface area contributed by atoms with Gasteiger partial charge in [-0.1, -0.05) is 6.07 Å². The summed E-state index contributed by atoms with van der Waals surface area (Å²) in [4.78, 5) is 4.31. The Morgan fingerprint density at radius 3 is 3.00 bits per heavy atom. The van der Waals surface area contributed by atoms with Crippen molar-refractivity contribution in [2.24, 2.45) is 5.73 Å². The highest BCUT2D eigenvalue weighted by Crippen LogP contribution is 2.24. The minimum Gasteiger partial charge on any atom is -0.385 e. The molecule has 0 amide bonds. The van der Waals surface area contributed by atoms with Crippen LogP contribution < -0.4 is 5.73 Å². The Balaban J connectivity index is 2.64. The minimum atomic E-state index is -0.723. The number of aliphatic hydroxyl groups excluding tert-OH is 1. The molecule has 0 saturated heterocycles. The molecule has 0 saturated carbocycles. The van der Waals surface area contributed by atoms with E-state index in [-0.39, 0.29) is 6.54 Å². The first-order valence-electron chi connectivity index (χ1n) is 4.65. The van der Waals surface area contributed by atoms with Gasteiger partial charge in [-0.25, -0.2) is 4.98 Å². The lowest BCUT2D eigenvalue weighted by Crippen LogP contribution is -2.12. The molecule has 0 aliphatic rings. The van der Waals surface area contributed by atoms with Gasteiger partial charge in [-0.3, -0.25) is 4.40 Å². The molecule has 0 bridgehead atoms. The fourth-order valence-corrected chi connectivity index (χ4v) is 2.10. The zero-order valence-corrected chi connectivity index (χ0v) is 9.90. The quantitative estimate of drug-likeness (QED) is 0.867. The van der Waals surface area contributed by atoms with Gasteiger partial charge in [0.15, 0.2) is 0 Å². The second kappa shape index (κ2) is 3.92. The van der Waals surface area contributed by atoms with E-state index in [0.717, 1.165) is 15.8 Å². The number of imidazole rings is 1. The molecule has 0 spiro atoms. The van der Waals surface area contributed by atoms with Gasteiger partial charge in [0.05, 0.1) is 0 Å². The highest BCUT2D eigenvalue weighted by atomic mass is 79.9. The van der Waals surface area contributed by atoms with Crippen molar-refractivity contribution in [1.29, 1.82) is 0 Å². The lowest BCUT2D eigenvalue weighted by Gasteiger charge is -2.03. The van der Waals surface area contributed by atoms with Gasteiger partial charge in [0.2, 0.25) is 0 Å². The number of aryl methyl sites for hydroxylation is 1. The lowest BCUT2D eigenvalue weighted by molar-refractivity contribution is 0.181. The number of pyridine rings is 1. The number of rotatable bonds is 2. The van der Waals surface area contributed by atoms with Gasteiger partial charge in [0.1, 0.15) is 22.0 Å². The summed E-state index contributed by atoms with van der Waals surface area (Å²) in [5.74, 6) is 0. The first-order valence-corrected chi connectivity index (χ1v) is 5.45. The van der Waals surface area contributed by atoms with E-state index in [9.17, 15) is 5.11 Å². The van der Waals surface area contributed by atoms with Crippen molar-refractivity contribution >= 4 is 21.6 Å². The van der Waals surface area contributed by atoms with E-state index in [1.54, 1.807) is 0 Å². The van der Waals surface area contributed by atoms with Crippen molar-refractivity contribution in [2.75, 3.05) is 6.54 Å². The monoisotopic (exact) mass is 269 g/mol. The predicted molar refractivity (Wildman–Crippen MR) is 61.6 cm³/mol. The second-order valence-electron chi connectivity index (χ2n) is 3.47. The van der Waals surface area contributed by atoms with Gasteiger partial charge in [0, 0.05) is 12.7 Å². The van der Waals surface area contributed by atoms with Gasteiger partial charge in [0.25, 0.3) is 0 Å². The smallest absolute Gasteiger partial charge is 0.138 e. The maximum atomic E-state index is 9.65. The third kappa shape index (κ3) is 1.78. The molecule has 2 rings (SSSR count). The lowest BCUT2D eigenvalue weighted by atomic mass is 10.3. The molecule has 0 aliphatic carbocycles. The van der Waals surface area contributed by atoms with Crippen LogP contribution in [0, 0.1) is 6.92 Å². The molecule has 0 aliphatic heterocycles. The number of hydrogen-bond acceptors (Lipinski definition) is 3. The van der Waals surface area contributed by atoms with Crippen molar-refractivity contribution in [3.63, 3.8) is 0 Å². The third-order valence-corrected chi connectivity index (χ3v) is 3.06. The van der Waals surface area contributed by atoms with Gasteiger partial charge in [-0.05, 0) is 34.5 Å². The zero-order valence-electron chi connectivity index (χ0n) is 8.31. The molecular formula is C10H12BrN3O. The Morgan fingerprint density at radius 1 is 1.60 bits per heavy atom. The molecule has 1 unspecified atom stereocenters. The van der Waals surface area contributed by atoms with Crippen LogP contribution in [0.15, 0.2) is 22.9 Å². The van der Waals surface area contributed by atoms with Crippen LogP contribution in [0.3, 0.4) is 0 Å². The van der Waals surface area contributed by atoms with Crippen molar-refractivity contribution in [1.82, 2.24) is 9.38 Å². The summed E-state index contributed by atoms with van der Waals surface area (Å²) in [7, 11) is 0. The molecule has 1 atom stereocenters. The van der Waals surface area contributed by atoms with Crippen molar-refractivity contribution in [3.8, 4) is 0 Å². The molecule has 3 N–H and O–H groups in total. The highest BCUT2D eigenvalue weighted by Gasteiger charge is 2.16. The maximum absolute atomic E-state index is 9.65. The molecule has 4 nitrogen and oxygen atoms in total. The Kier molecular flexibility index (Phi) is 2.77. The Hall–Kier alpha value is -0.910. The summed E-state index contributed by atoms with van der Waals surface area (Å²) in [6, 6.07) is 3.89. The highest BCUT2D eigenvalue weighted by molar-refractivity contribution is 9.10. The molecule has 0 aromatic carbocycles. The molecule has 5 heteroatoms. The van der Waals surface area contributed by atoms with E-state index in [1.807, 2.05) is 29.7 Å². The summed E-state index contributed by atoms with van der Waals surface area (Å²) in [6.45, 7) is 2.17. The molecule has 0 fully saturated rings. The molecule has 2 aromatic heterocycles. The van der Waals surface area contributed by atoms with Crippen LogP contribution in [0.5, 0.6) is 0 Å². The van der Waals surface area contributed by atoms with Crippen LogP contribution in [0.4, 0.5) is 0 Å². The molecule has 80 valence electrons. The molecule has 2 heterocycles. The Morgan fingerprint density at radius 2 is 2.33 bits per heavy atom. The fraction of sp³-hybridized carbons (Fsp3) is 0.300. The van der Waals surface area contributed by atoms with Crippen LogP contribution >= 0.6 is 15.9 Å². The topological polar surface area (TPSA) is 63.5 Å². The van der Waals surface area contributed by atoms with E-state index in [2.05, 4.69) is 20.9 Å². The normalized spacial score (nSPS) is 13.3. The first kappa shape index (κ1) is 10.6. The number of aromatic nitrogens is 2. The molecule has 0 radical (unpaired) electrons.